The van der Waals surface area contributed by atoms with Gasteiger partial charge in [-0.25, -0.2) is 9.07 Å². The van der Waals surface area contributed by atoms with Crippen LogP contribution in [0.1, 0.15) is 28.6 Å². The molecule has 0 saturated carbocycles. The molecule has 1 unspecified atom stereocenters. The molecule has 1 aromatic heterocycles. The van der Waals surface area contributed by atoms with Gasteiger partial charge in [-0.15, -0.1) is 13.2 Å². The van der Waals surface area contributed by atoms with Crippen molar-refractivity contribution in [3.05, 3.63) is 76.9 Å². The van der Waals surface area contributed by atoms with E-state index in [1.807, 2.05) is 0 Å². The van der Waals surface area contributed by atoms with Gasteiger partial charge in [0.05, 0.1) is 23.9 Å². The highest BCUT2D eigenvalue weighted by atomic mass is 19.4. The Bertz CT molecular complexity index is 1080. The third-order valence-electron chi connectivity index (χ3n) is 4.84. The number of aliphatic hydroxyl groups excluding tert-OH is 1. The van der Waals surface area contributed by atoms with Gasteiger partial charge in [0, 0.05) is 17.8 Å². The quantitative estimate of drug-likeness (QED) is 0.534. The summed E-state index contributed by atoms with van der Waals surface area (Å²) < 4.78 is 55.2. The number of alkyl halides is 3. The second kappa shape index (κ2) is 9.39. The number of hydrogen-bond acceptors (Lipinski definition) is 4. The molecule has 10 heteroatoms. The maximum atomic E-state index is 13.2. The van der Waals surface area contributed by atoms with Crippen molar-refractivity contribution in [2.45, 2.75) is 32.7 Å². The molecular formula is C22H21F4N3O3. The van der Waals surface area contributed by atoms with Crippen molar-refractivity contribution >= 4 is 5.91 Å². The van der Waals surface area contributed by atoms with Gasteiger partial charge in [0.1, 0.15) is 11.6 Å². The number of nitrogens with one attached hydrogen (secondary N) is 1. The number of hydrogen-bond donors (Lipinski definition) is 2. The van der Waals surface area contributed by atoms with Crippen LogP contribution in [0.25, 0.3) is 5.69 Å². The first-order valence-electron chi connectivity index (χ1n) is 9.65. The fourth-order valence-corrected chi connectivity index (χ4v) is 3.21. The van der Waals surface area contributed by atoms with Crippen LogP contribution >= 0.6 is 0 Å². The molecule has 0 aliphatic heterocycles. The van der Waals surface area contributed by atoms with Gasteiger partial charge < -0.3 is 15.2 Å². The lowest BCUT2D eigenvalue weighted by atomic mass is 10.1. The molecule has 1 amide bonds. The maximum Gasteiger partial charge on any atom is 0.573 e. The van der Waals surface area contributed by atoms with Gasteiger partial charge >= 0.3 is 6.36 Å². The van der Waals surface area contributed by atoms with Gasteiger partial charge in [-0.2, -0.15) is 5.10 Å². The van der Waals surface area contributed by atoms with Crippen LogP contribution < -0.4 is 10.1 Å². The van der Waals surface area contributed by atoms with Crippen LogP contribution in [0.4, 0.5) is 17.6 Å². The van der Waals surface area contributed by atoms with Crippen molar-refractivity contribution in [1.82, 2.24) is 15.1 Å². The molecule has 0 aliphatic carbocycles. The number of aliphatic hydroxyl groups is 1. The van der Waals surface area contributed by atoms with Crippen molar-refractivity contribution in [3.63, 3.8) is 0 Å². The average Bonchev–Trinajstić information content (AvgIpc) is 3.00. The first-order chi connectivity index (χ1) is 15.0. The number of aryl methyl sites for hydroxylation is 1. The summed E-state index contributed by atoms with van der Waals surface area (Å²) in [7, 11) is 0. The normalized spacial score (nSPS) is 12.5. The molecular weight excluding hydrogens is 430 g/mol. The summed E-state index contributed by atoms with van der Waals surface area (Å²) in [6.07, 6.45) is -5.89. The number of carbonyl (C=O) groups excluding carboxylic acids is 1. The number of carbonyl (C=O) groups is 1. The Kier molecular flexibility index (Phi) is 6.83. The second-order valence-corrected chi connectivity index (χ2v) is 7.15. The minimum Gasteiger partial charge on any atom is -0.406 e. The lowest BCUT2D eigenvalue weighted by Gasteiger charge is -2.14. The Hall–Kier alpha value is -3.40. The van der Waals surface area contributed by atoms with E-state index in [0.717, 1.165) is 17.8 Å². The van der Waals surface area contributed by atoms with Crippen molar-refractivity contribution in [2.75, 3.05) is 6.54 Å². The maximum absolute atomic E-state index is 13.2. The summed E-state index contributed by atoms with van der Waals surface area (Å²) in [6.45, 7) is 3.43. The Morgan fingerprint density at radius 1 is 1.12 bits per heavy atom. The molecule has 1 atom stereocenters. The number of benzene rings is 2. The van der Waals surface area contributed by atoms with Crippen LogP contribution in [-0.4, -0.2) is 33.7 Å². The van der Waals surface area contributed by atoms with Gasteiger partial charge in [-0.05, 0) is 55.8 Å². The summed E-state index contributed by atoms with van der Waals surface area (Å²) in [5, 5.41) is 17.2. The molecule has 2 aromatic carbocycles. The lowest BCUT2D eigenvalue weighted by Crippen LogP contribution is -2.30. The minimum absolute atomic E-state index is 0.0178. The van der Waals surface area contributed by atoms with E-state index in [2.05, 4.69) is 15.2 Å². The van der Waals surface area contributed by atoms with E-state index in [1.165, 1.54) is 24.3 Å². The van der Waals surface area contributed by atoms with Crippen LogP contribution in [0.2, 0.25) is 0 Å². The lowest BCUT2D eigenvalue weighted by molar-refractivity contribution is -0.274. The molecule has 0 aliphatic rings. The zero-order valence-corrected chi connectivity index (χ0v) is 17.3. The van der Waals surface area contributed by atoms with Crippen molar-refractivity contribution in [3.8, 4) is 11.4 Å². The predicted molar refractivity (Wildman–Crippen MR) is 108 cm³/mol. The topological polar surface area (TPSA) is 76.4 Å². The molecule has 3 aromatic rings. The number of aromatic nitrogens is 2. The summed E-state index contributed by atoms with van der Waals surface area (Å²) in [4.78, 5) is 12.4. The van der Waals surface area contributed by atoms with Crippen LogP contribution in [0.15, 0.2) is 48.5 Å². The van der Waals surface area contributed by atoms with Gasteiger partial charge in [0.15, 0.2) is 0 Å². The molecule has 0 spiro atoms. The van der Waals surface area contributed by atoms with Crippen molar-refractivity contribution < 1.29 is 32.2 Å². The van der Waals surface area contributed by atoms with Crippen LogP contribution in [-0.2, 0) is 11.2 Å². The van der Waals surface area contributed by atoms with Crippen molar-refractivity contribution in [1.29, 1.82) is 0 Å². The molecule has 0 saturated heterocycles. The van der Waals surface area contributed by atoms with E-state index in [-0.39, 0.29) is 24.7 Å². The van der Waals surface area contributed by atoms with Gasteiger partial charge in [-0.1, -0.05) is 12.1 Å². The standard InChI is InChI=1S/C22H21F4N3O3/c1-13-19(14(2)29(28-13)17-7-5-16(23)6-8-17)11-21(31)27-12-20(30)15-3-9-18(10-4-15)32-22(24,25)26/h3-10,20,30H,11-12H2,1-2H3,(H,27,31). The van der Waals surface area contributed by atoms with Crippen LogP contribution in [0, 0.1) is 19.7 Å². The van der Waals surface area contributed by atoms with Gasteiger partial charge in [0.2, 0.25) is 5.91 Å². The van der Waals surface area contributed by atoms with E-state index in [0.29, 0.717) is 22.5 Å². The monoisotopic (exact) mass is 451 g/mol. The van der Waals surface area contributed by atoms with E-state index >= 15 is 0 Å². The molecule has 0 radical (unpaired) electrons. The molecule has 3 rings (SSSR count). The summed E-state index contributed by atoms with van der Waals surface area (Å²) in [5.74, 6) is -1.12. The first kappa shape index (κ1) is 23.3. The zero-order chi connectivity index (χ0) is 23.5. The minimum atomic E-state index is -4.80. The van der Waals surface area contributed by atoms with E-state index in [9.17, 15) is 27.5 Å². The third kappa shape index (κ3) is 5.85. The fraction of sp³-hybridized carbons (Fsp3) is 0.273. The summed E-state index contributed by atoms with van der Waals surface area (Å²) in [6, 6.07) is 10.6. The third-order valence-corrected chi connectivity index (χ3v) is 4.84. The number of amides is 1. The Labute approximate surface area is 181 Å². The number of ether oxygens (including phenoxy) is 1. The van der Waals surface area contributed by atoms with E-state index in [1.54, 1.807) is 30.7 Å². The van der Waals surface area contributed by atoms with E-state index < -0.39 is 18.2 Å². The summed E-state index contributed by atoms with van der Waals surface area (Å²) in [5.41, 5.74) is 3.06. The number of halogens is 4. The Balaban J connectivity index is 1.59. The molecule has 170 valence electrons. The second-order valence-electron chi connectivity index (χ2n) is 7.15. The van der Waals surface area contributed by atoms with Gasteiger partial charge in [-0.3, -0.25) is 4.79 Å². The van der Waals surface area contributed by atoms with Crippen molar-refractivity contribution in [2.24, 2.45) is 0 Å². The van der Waals surface area contributed by atoms with E-state index in [4.69, 9.17) is 0 Å². The number of rotatable bonds is 7. The highest BCUT2D eigenvalue weighted by molar-refractivity contribution is 5.79. The largest absolute Gasteiger partial charge is 0.573 e. The Morgan fingerprint density at radius 3 is 2.34 bits per heavy atom. The highest BCUT2D eigenvalue weighted by Crippen LogP contribution is 2.24. The molecule has 2 N–H and O–H groups in total. The fourth-order valence-electron chi connectivity index (χ4n) is 3.21. The average molecular weight is 451 g/mol. The summed E-state index contributed by atoms with van der Waals surface area (Å²) >= 11 is 0. The van der Waals surface area contributed by atoms with Gasteiger partial charge in [0.25, 0.3) is 0 Å². The highest BCUT2D eigenvalue weighted by Gasteiger charge is 2.31. The molecule has 1 heterocycles. The predicted octanol–water partition coefficient (Wildman–Crippen LogP) is 3.92. The molecule has 32 heavy (non-hydrogen) atoms. The zero-order valence-electron chi connectivity index (χ0n) is 17.3. The first-order valence-corrected chi connectivity index (χ1v) is 9.65. The van der Waals surface area contributed by atoms with Crippen LogP contribution in [0.3, 0.4) is 0 Å². The molecule has 0 bridgehead atoms. The Morgan fingerprint density at radius 2 is 1.75 bits per heavy atom. The SMILES string of the molecule is Cc1nn(-c2ccc(F)cc2)c(C)c1CC(=O)NCC(O)c1ccc(OC(F)(F)F)cc1. The smallest absolute Gasteiger partial charge is 0.406 e. The molecule has 0 fully saturated rings. The molecule has 6 nitrogen and oxygen atoms in total. The number of nitrogens with zero attached hydrogens (tertiary/aromatic N) is 2. The van der Waals surface area contributed by atoms with Crippen LogP contribution in [0.5, 0.6) is 5.75 Å².